The fourth-order valence-corrected chi connectivity index (χ4v) is 2.56. The average Bonchev–Trinajstić information content (AvgIpc) is 2.54. The van der Waals surface area contributed by atoms with Gasteiger partial charge in [-0.2, -0.15) is 0 Å². The monoisotopic (exact) mass is 319 g/mol. The lowest BCUT2D eigenvalue weighted by Crippen LogP contribution is -2.39. The van der Waals surface area contributed by atoms with E-state index in [4.69, 9.17) is 5.11 Å². The number of urea groups is 1. The van der Waals surface area contributed by atoms with Gasteiger partial charge in [0.15, 0.2) is 0 Å². The molecule has 124 valence electrons. The quantitative estimate of drug-likeness (QED) is 0.665. The zero-order valence-electron chi connectivity index (χ0n) is 12.8. The van der Waals surface area contributed by atoms with E-state index in [2.05, 4.69) is 16.0 Å². The molecule has 0 bridgehead atoms. The van der Waals surface area contributed by atoms with Gasteiger partial charge in [-0.05, 0) is 37.1 Å². The van der Waals surface area contributed by atoms with Crippen molar-refractivity contribution in [2.75, 3.05) is 11.9 Å². The number of rotatable bonds is 5. The van der Waals surface area contributed by atoms with Gasteiger partial charge in [-0.1, -0.05) is 19.3 Å². The predicted octanol–water partition coefficient (Wildman–Crippen LogP) is 1.96. The third-order valence-electron chi connectivity index (χ3n) is 3.75. The van der Waals surface area contributed by atoms with Crippen molar-refractivity contribution in [3.05, 3.63) is 29.8 Å². The number of carboxylic acids is 1. The maximum Gasteiger partial charge on any atom is 0.322 e. The van der Waals surface area contributed by atoms with E-state index < -0.39 is 18.4 Å². The molecule has 23 heavy (non-hydrogen) atoms. The smallest absolute Gasteiger partial charge is 0.322 e. The minimum atomic E-state index is -1.10. The van der Waals surface area contributed by atoms with Crippen LogP contribution in [0.2, 0.25) is 0 Å². The predicted molar refractivity (Wildman–Crippen MR) is 85.4 cm³/mol. The van der Waals surface area contributed by atoms with Crippen molar-refractivity contribution in [2.45, 2.75) is 38.1 Å². The summed E-state index contributed by atoms with van der Waals surface area (Å²) in [7, 11) is 0. The van der Waals surface area contributed by atoms with E-state index in [-0.39, 0.29) is 12.1 Å². The molecular formula is C16H21N3O4. The van der Waals surface area contributed by atoms with Gasteiger partial charge in [0.2, 0.25) is 0 Å². The van der Waals surface area contributed by atoms with Gasteiger partial charge in [-0.25, -0.2) is 4.79 Å². The summed E-state index contributed by atoms with van der Waals surface area (Å²) in [5, 5.41) is 16.5. The van der Waals surface area contributed by atoms with Crippen molar-refractivity contribution in [3.8, 4) is 0 Å². The molecule has 7 nitrogen and oxygen atoms in total. The van der Waals surface area contributed by atoms with Crippen LogP contribution in [0.15, 0.2) is 24.3 Å². The zero-order valence-corrected chi connectivity index (χ0v) is 12.8. The molecule has 1 aliphatic rings. The second-order valence-electron chi connectivity index (χ2n) is 5.59. The van der Waals surface area contributed by atoms with Crippen LogP contribution in [0, 0.1) is 0 Å². The fraction of sp³-hybridized carbons (Fsp3) is 0.438. The number of hydrogen-bond acceptors (Lipinski definition) is 3. The molecule has 0 spiro atoms. The molecular weight excluding hydrogens is 298 g/mol. The van der Waals surface area contributed by atoms with E-state index in [0.717, 1.165) is 25.7 Å². The number of anilines is 1. The number of carbonyl (C=O) groups excluding carboxylic acids is 2. The number of carbonyl (C=O) groups is 3. The van der Waals surface area contributed by atoms with E-state index in [1.54, 1.807) is 12.1 Å². The SMILES string of the molecule is O=C(O)CNC(=O)c1ccc(NC(=O)NC2CCCCC2)cc1. The van der Waals surface area contributed by atoms with Crippen molar-refractivity contribution in [1.82, 2.24) is 10.6 Å². The molecule has 0 radical (unpaired) electrons. The lowest BCUT2D eigenvalue weighted by molar-refractivity contribution is -0.135. The Bertz CT molecular complexity index is 565. The molecule has 2 rings (SSSR count). The number of aliphatic carboxylic acids is 1. The highest BCUT2D eigenvalue weighted by molar-refractivity contribution is 5.96. The Morgan fingerprint density at radius 2 is 1.70 bits per heavy atom. The van der Waals surface area contributed by atoms with Gasteiger partial charge >= 0.3 is 12.0 Å². The molecule has 1 aromatic rings. The standard InChI is InChI=1S/C16H21N3O4/c20-14(21)10-17-15(22)11-6-8-13(9-7-11)19-16(23)18-12-4-2-1-3-5-12/h6-9,12H,1-5,10H2,(H,17,22)(H,20,21)(H2,18,19,23). The average molecular weight is 319 g/mol. The van der Waals surface area contributed by atoms with Gasteiger partial charge < -0.3 is 21.1 Å². The molecule has 1 aromatic carbocycles. The second kappa shape index (κ2) is 8.17. The third-order valence-corrected chi connectivity index (χ3v) is 3.75. The molecule has 0 saturated heterocycles. The van der Waals surface area contributed by atoms with Crippen LogP contribution in [-0.2, 0) is 4.79 Å². The summed E-state index contributed by atoms with van der Waals surface area (Å²) in [6.07, 6.45) is 5.54. The number of amides is 3. The maximum absolute atomic E-state index is 11.9. The summed E-state index contributed by atoms with van der Waals surface area (Å²) in [6.45, 7) is -0.428. The lowest BCUT2D eigenvalue weighted by atomic mass is 9.96. The Hall–Kier alpha value is -2.57. The summed E-state index contributed by atoms with van der Waals surface area (Å²) in [5.41, 5.74) is 0.914. The largest absolute Gasteiger partial charge is 0.480 e. The van der Waals surface area contributed by atoms with Crippen LogP contribution in [0.25, 0.3) is 0 Å². The van der Waals surface area contributed by atoms with Crippen molar-refractivity contribution >= 4 is 23.6 Å². The molecule has 0 heterocycles. The van der Waals surface area contributed by atoms with Crippen molar-refractivity contribution in [2.24, 2.45) is 0 Å². The van der Waals surface area contributed by atoms with Crippen molar-refractivity contribution in [3.63, 3.8) is 0 Å². The molecule has 1 saturated carbocycles. The Morgan fingerprint density at radius 3 is 2.30 bits per heavy atom. The third kappa shape index (κ3) is 5.61. The Balaban J connectivity index is 1.83. The summed E-state index contributed by atoms with van der Waals surface area (Å²) in [6, 6.07) is 6.26. The highest BCUT2D eigenvalue weighted by Crippen LogP contribution is 2.17. The molecule has 1 aliphatic carbocycles. The van der Waals surface area contributed by atoms with Crippen LogP contribution >= 0.6 is 0 Å². The highest BCUT2D eigenvalue weighted by Gasteiger charge is 2.15. The zero-order chi connectivity index (χ0) is 16.7. The van der Waals surface area contributed by atoms with E-state index in [1.165, 1.54) is 18.6 Å². The molecule has 3 amide bonds. The van der Waals surface area contributed by atoms with Gasteiger partial charge in [0.25, 0.3) is 5.91 Å². The van der Waals surface area contributed by atoms with E-state index in [1.807, 2.05) is 0 Å². The summed E-state index contributed by atoms with van der Waals surface area (Å²) < 4.78 is 0. The number of benzene rings is 1. The van der Waals surface area contributed by atoms with Crippen LogP contribution in [-0.4, -0.2) is 35.6 Å². The lowest BCUT2D eigenvalue weighted by Gasteiger charge is -2.22. The first-order valence-electron chi connectivity index (χ1n) is 7.72. The molecule has 7 heteroatoms. The van der Waals surface area contributed by atoms with Gasteiger partial charge in [0.1, 0.15) is 6.54 Å². The Labute approximate surface area is 134 Å². The first-order valence-corrected chi connectivity index (χ1v) is 7.72. The Morgan fingerprint density at radius 1 is 1.04 bits per heavy atom. The highest BCUT2D eigenvalue weighted by atomic mass is 16.4. The van der Waals surface area contributed by atoms with Gasteiger partial charge in [-0.3, -0.25) is 9.59 Å². The molecule has 0 unspecified atom stereocenters. The minimum absolute atomic E-state index is 0.227. The van der Waals surface area contributed by atoms with Crippen LogP contribution in [0.5, 0.6) is 0 Å². The number of nitrogens with one attached hydrogen (secondary N) is 3. The van der Waals surface area contributed by atoms with Gasteiger partial charge in [0.05, 0.1) is 0 Å². The molecule has 0 aromatic heterocycles. The number of carboxylic acid groups (broad SMARTS) is 1. The van der Waals surface area contributed by atoms with Crippen LogP contribution in [0.4, 0.5) is 10.5 Å². The fourth-order valence-electron chi connectivity index (χ4n) is 2.56. The first kappa shape index (κ1) is 16.8. The summed E-state index contributed by atoms with van der Waals surface area (Å²) in [4.78, 5) is 34.0. The normalized spacial score (nSPS) is 14.8. The van der Waals surface area contributed by atoms with E-state index in [0.29, 0.717) is 11.3 Å². The second-order valence-corrected chi connectivity index (χ2v) is 5.59. The van der Waals surface area contributed by atoms with E-state index in [9.17, 15) is 14.4 Å². The first-order chi connectivity index (χ1) is 11.0. The van der Waals surface area contributed by atoms with Crippen LogP contribution in [0.1, 0.15) is 42.5 Å². The van der Waals surface area contributed by atoms with Crippen LogP contribution < -0.4 is 16.0 Å². The maximum atomic E-state index is 11.9. The topological polar surface area (TPSA) is 108 Å². The van der Waals surface area contributed by atoms with Gasteiger partial charge in [0, 0.05) is 17.3 Å². The molecule has 0 atom stereocenters. The Kier molecular flexibility index (Phi) is 5.96. The van der Waals surface area contributed by atoms with Gasteiger partial charge in [-0.15, -0.1) is 0 Å². The number of hydrogen-bond donors (Lipinski definition) is 4. The molecule has 1 fully saturated rings. The van der Waals surface area contributed by atoms with E-state index >= 15 is 0 Å². The van der Waals surface area contributed by atoms with Crippen molar-refractivity contribution in [1.29, 1.82) is 0 Å². The van der Waals surface area contributed by atoms with Crippen LogP contribution in [0.3, 0.4) is 0 Å². The summed E-state index contributed by atoms with van der Waals surface area (Å²) in [5.74, 6) is -1.57. The minimum Gasteiger partial charge on any atom is -0.480 e. The molecule has 4 N–H and O–H groups in total. The van der Waals surface area contributed by atoms with Crippen molar-refractivity contribution < 1.29 is 19.5 Å². The molecule has 0 aliphatic heterocycles. The summed E-state index contributed by atoms with van der Waals surface area (Å²) >= 11 is 0.